The Labute approximate surface area is 103 Å². The zero-order valence-corrected chi connectivity index (χ0v) is 10.8. The van der Waals surface area contributed by atoms with Crippen molar-refractivity contribution in [2.45, 2.75) is 19.3 Å². The molecular formula is C14H21NO2. The monoisotopic (exact) mass is 235 g/mol. The largest absolute Gasteiger partial charge is 0.493 e. The van der Waals surface area contributed by atoms with Crippen LogP contribution >= 0.6 is 0 Å². The summed E-state index contributed by atoms with van der Waals surface area (Å²) >= 11 is 0. The minimum Gasteiger partial charge on any atom is -0.493 e. The van der Waals surface area contributed by atoms with E-state index in [0.29, 0.717) is 5.92 Å². The van der Waals surface area contributed by atoms with Gasteiger partial charge < -0.3 is 14.8 Å². The summed E-state index contributed by atoms with van der Waals surface area (Å²) in [5.41, 5.74) is 1.33. The van der Waals surface area contributed by atoms with Gasteiger partial charge in [0.15, 0.2) is 11.5 Å². The van der Waals surface area contributed by atoms with Gasteiger partial charge in [0.25, 0.3) is 0 Å². The number of nitrogens with one attached hydrogen (secondary N) is 1. The van der Waals surface area contributed by atoms with Crippen molar-refractivity contribution in [2.24, 2.45) is 5.92 Å². The van der Waals surface area contributed by atoms with Crippen molar-refractivity contribution in [1.29, 1.82) is 0 Å². The fourth-order valence-corrected chi connectivity index (χ4v) is 2.52. The van der Waals surface area contributed by atoms with Crippen LogP contribution in [0.5, 0.6) is 11.5 Å². The maximum absolute atomic E-state index is 5.35. The van der Waals surface area contributed by atoms with E-state index in [-0.39, 0.29) is 0 Å². The van der Waals surface area contributed by atoms with Crippen molar-refractivity contribution in [3.05, 3.63) is 23.8 Å². The highest BCUT2D eigenvalue weighted by molar-refractivity contribution is 5.44. The van der Waals surface area contributed by atoms with Crippen molar-refractivity contribution in [3.8, 4) is 11.5 Å². The van der Waals surface area contributed by atoms with Crippen molar-refractivity contribution >= 4 is 0 Å². The van der Waals surface area contributed by atoms with Gasteiger partial charge in [0.1, 0.15) is 0 Å². The number of methoxy groups -OCH3 is 2. The van der Waals surface area contributed by atoms with E-state index in [1.54, 1.807) is 14.2 Å². The number of hydrogen-bond acceptors (Lipinski definition) is 3. The highest BCUT2D eigenvalue weighted by Crippen LogP contribution is 2.33. The van der Waals surface area contributed by atoms with E-state index < -0.39 is 0 Å². The molecule has 1 heterocycles. The second-order valence-corrected chi connectivity index (χ2v) is 4.81. The van der Waals surface area contributed by atoms with E-state index in [0.717, 1.165) is 30.5 Å². The van der Waals surface area contributed by atoms with E-state index in [4.69, 9.17) is 9.47 Å². The number of piperidine rings is 1. The van der Waals surface area contributed by atoms with Gasteiger partial charge in [-0.05, 0) is 42.5 Å². The minimum absolute atomic E-state index is 0.582. The molecule has 3 nitrogen and oxygen atoms in total. The second-order valence-electron chi connectivity index (χ2n) is 4.81. The Hall–Kier alpha value is -1.22. The Morgan fingerprint density at radius 3 is 2.53 bits per heavy atom. The predicted molar refractivity (Wildman–Crippen MR) is 68.9 cm³/mol. The molecule has 0 bridgehead atoms. The zero-order valence-electron chi connectivity index (χ0n) is 10.8. The Kier molecular flexibility index (Phi) is 3.89. The third-order valence-corrected chi connectivity index (χ3v) is 3.45. The maximum atomic E-state index is 5.35. The molecule has 0 radical (unpaired) electrons. The van der Waals surface area contributed by atoms with Crippen molar-refractivity contribution < 1.29 is 9.47 Å². The molecule has 1 aliphatic heterocycles. The van der Waals surface area contributed by atoms with E-state index in [1.807, 2.05) is 6.07 Å². The number of hydrogen-bond donors (Lipinski definition) is 1. The smallest absolute Gasteiger partial charge is 0.160 e. The van der Waals surface area contributed by atoms with Crippen LogP contribution in [-0.2, 0) is 0 Å². The van der Waals surface area contributed by atoms with Gasteiger partial charge >= 0.3 is 0 Å². The van der Waals surface area contributed by atoms with E-state index >= 15 is 0 Å². The molecule has 0 spiro atoms. The molecule has 0 saturated carbocycles. The van der Waals surface area contributed by atoms with Gasteiger partial charge in [-0.3, -0.25) is 0 Å². The molecule has 2 atom stereocenters. The van der Waals surface area contributed by atoms with Crippen LogP contribution in [0.1, 0.15) is 24.8 Å². The zero-order chi connectivity index (χ0) is 12.3. The molecule has 2 unspecified atom stereocenters. The van der Waals surface area contributed by atoms with Gasteiger partial charge in [-0.25, -0.2) is 0 Å². The first-order valence-electron chi connectivity index (χ1n) is 6.17. The lowest BCUT2D eigenvalue weighted by Crippen LogP contribution is -2.33. The molecule has 1 saturated heterocycles. The molecule has 1 aromatic carbocycles. The minimum atomic E-state index is 0.582. The molecule has 0 aliphatic carbocycles. The first kappa shape index (κ1) is 12.2. The Bertz CT molecular complexity index is 378. The lowest BCUT2D eigenvalue weighted by Gasteiger charge is -2.28. The fraction of sp³-hybridized carbons (Fsp3) is 0.571. The van der Waals surface area contributed by atoms with Crippen LogP contribution in [0.4, 0.5) is 0 Å². The van der Waals surface area contributed by atoms with Gasteiger partial charge in [-0.1, -0.05) is 13.0 Å². The Balaban J connectivity index is 2.20. The van der Waals surface area contributed by atoms with Gasteiger partial charge in [0.05, 0.1) is 14.2 Å². The number of rotatable bonds is 3. The average Bonchev–Trinajstić information content (AvgIpc) is 2.38. The molecule has 1 fully saturated rings. The predicted octanol–water partition coefficient (Wildman–Crippen LogP) is 2.42. The maximum Gasteiger partial charge on any atom is 0.160 e. The van der Waals surface area contributed by atoms with Crippen LogP contribution in [-0.4, -0.2) is 27.3 Å². The highest BCUT2D eigenvalue weighted by Gasteiger charge is 2.21. The van der Waals surface area contributed by atoms with E-state index in [9.17, 15) is 0 Å². The van der Waals surface area contributed by atoms with E-state index in [1.165, 1.54) is 12.0 Å². The van der Waals surface area contributed by atoms with Crippen LogP contribution < -0.4 is 14.8 Å². The quantitative estimate of drug-likeness (QED) is 0.872. The third-order valence-electron chi connectivity index (χ3n) is 3.45. The van der Waals surface area contributed by atoms with Crippen LogP contribution in [0.25, 0.3) is 0 Å². The second kappa shape index (κ2) is 5.41. The summed E-state index contributed by atoms with van der Waals surface area (Å²) in [5.74, 6) is 2.94. The lowest BCUT2D eigenvalue weighted by molar-refractivity contribution is 0.348. The Morgan fingerprint density at radius 1 is 1.12 bits per heavy atom. The van der Waals surface area contributed by atoms with Crippen LogP contribution in [0.15, 0.2) is 18.2 Å². The summed E-state index contributed by atoms with van der Waals surface area (Å²) in [6, 6.07) is 6.24. The van der Waals surface area contributed by atoms with Gasteiger partial charge in [0, 0.05) is 6.54 Å². The number of ether oxygens (including phenoxy) is 2. The molecule has 1 N–H and O–H groups in total. The summed E-state index contributed by atoms with van der Waals surface area (Å²) < 4.78 is 10.6. The molecule has 0 amide bonds. The summed E-state index contributed by atoms with van der Waals surface area (Å²) in [5, 5.41) is 3.48. The van der Waals surface area contributed by atoms with Crippen molar-refractivity contribution in [3.63, 3.8) is 0 Å². The molecular weight excluding hydrogens is 214 g/mol. The summed E-state index contributed by atoms with van der Waals surface area (Å²) in [6.45, 7) is 4.48. The summed E-state index contributed by atoms with van der Waals surface area (Å²) in [4.78, 5) is 0. The molecule has 1 aromatic rings. The van der Waals surface area contributed by atoms with Gasteiger partial charge in [-0.2, -0.15) is 0 Å². The molecule has 0 aromatic heterocycles. The molecule has 94 valence electrons. The van der Waals surface area contributed by atoms with E-state index in [2.05, 4.69) is 24.4 Å². The summed E-state index contributed by atoms with van der Waals surface area (Å²) in [7, 11) is 3.35. The van der Waals surface area contributed by atoms with Gasteiger partial charge in [-0.15, -0.1) is 0 Å². The fourth-order valence-electron chi connectivity index (χ4n) is 2.52. The first-order chi connectivity index (χ1) is 8.24. The standard InChI is InChI=1S/C14H21NO2/c1-10-6-12(9-15-8-10)11-4-5-13(16-2)14(7-11)17-3/h4-5,7,10,12,15H,6,8-9H2,1-3H3. The molecule has 3 heteroatoms. The average molecular weight is 235 g/mol. The molecule has 2 rings (SSSR count). The summed E-state index contributed by atoms with van der Waals surface area (Å²) in [6.07, 6.45) is 1.24. The van der Waals surface area contributed by atoms with Crippen LogP contribution in [0.2, 0.25) is 0 Å². The first-order valence-corrected chi connectivity index (χ1v) is 6.17. The van der Waals surface area contributed by atoms with Crippen molar-refractivity contribution in [1.82, 2.24) is 5.32 Å². The normalized spacial score (nSPS) is 24.4. The third kappa shape index (κ3) is 2.72. The molecule has 1 aliphatic rings. The van der Waals surface area contributed by atoms with Crippen LogP contribution in [0.3, 0.4) is 0 Å². The Morgan fingerprint density at radius 2 is 1.88 bits per heavy atom. The highest BCUT2D eigenvalue weighted by atomic mass is 16.5. The van der Waals surface area contributed by atoms with Crippen molar-refractivity contribution in [2.75, 3.05) is 27.3 Å². The SMILES string of the molecule is COc1ccc(C2CNCC(C)C2)cc1OC. The number of benzene rings is 1. The van der Waals surface area contributed by atoms with Gasteiger partial charge in [0.2, 0.25) is 0 Å². The topological polar surface area (TPSA) is 30.5 Å². The molecule has 17 heavy (non-hydrogen) atoms. The van der Waals surface area contributed by atoms with Crippen LogP contribution in [0, 0.1) is 5.92 Å². The lowest BCUT2D eigenvalue weighted by atomic mass is 9.86.